The highest BCUT2D eigenvalue weighted by molar-refractivity contribution is 6.52. The summed E-state index contributed by atoms with van der Waals surface area (Å²) in [6.45, 7) is 3.32. The van der Waals surface area contributed by atoms with Crippen LogP contribution in [0.25, 0.3) is 0 Å². The first-order valence-electron chi connectivity index (χ1n) is 9.41. The molecular formula is C22H22N2O5. The molecule has 1 aliphatic heterocycles. The second-order valence-corrected chi connectivity index (χ2v) is 6.88. The topological polar surface area (TPSA) is 92.8 Å². The van der Waals surface area contributed by atoms with Gasteiger partial charge in [0.25, 0.3) is 17.6 Å². The lowest BCUT2D eigenvalue weighted by Crippen LogP contribution is -2.36. The number of ketones is 1. The van der Waals surface area contributed by atoms with Crippen LogP contribution in [-0.2, 0) is 19.1 Å². The number of esters is 1. The van der Waals surface area contributed by atoms with Crippen molar-refractivity contribution in [3.8, 4) is 0 Å². The lowest BCUT2D eigenvalue weighted by molar-refractivity contribution is -0.146. The molecule has 0 fully saturated rings. The fraction of sp³-hybridized carbons (Fsp3) is 0.273. The maximum absolute atomic E-state index is 12.1. The average molecular weight is 394 g/mol. The maximum atomic E-state index is 12.1. The van der Waals surface area contributed by atoms with E-state index in [1.807, 2.05) is 12.1 Å². The molecule has 2 aromatic carbocycles. The van der Waals surface area contributed by atoms with Crippen molar-refractivity contribution in [1.29, 1.82) is 0 Å². The Morgan fingerprint density at radius 1 is 1.07 bits per heavy atom. The Labute approximate surface area is 168 Å². The summed E-state index contributed by atoms with van der Waals surface area (Å²) in [7, 11) is 0. The highest BCUT2D eigenvalue weighted by atomic mass is 16.5. The zero-order valence-corrected chi connectivity index (χ0v) is 16.3. The van der Waals surface area contributed by atoms with E-state index < -0.39 is 36.7 Å². The molecule has 0 spiro atoms. The standard InChI is InChI=1S/C22H22N2O5/c1-3-14(2)15-8-10-16(11-9-15)23-19(25)13-29-20(26)12-24-18-7-5-4-6-17(18)21(27)22(24)28/h4-11,14H,3,12-13H2,1-2H3,(H,23,25)/t14-/m1/s1. The minimum atomic E-state index is -0.783. The zero-order chi connectivity index (χ0) is 21.0. The van der Waals surface area contributed by atoms with E-state index in [-0.39, 0.29) is 5.56 Å². The first-order valence-corrected chi connectivity index (χ1v) is 9.41. The number of para-hydroxylation sites is 1. The lowest BCUT2D eigenvalue weighted by Gasteiger charge is -2.15. The highest BCUT2D eigenvalue weighted by Gasteiger charge is 2.36. The molecule has 0 aliphatic carbocycles. The Bertz CT molecular complexity index is 952. The van der Waals surface area contributed by atoms with Crippen molar-refractivity contribution in [2.45, 2.75) is 26.2 Å². The maximum Gasteiger partial charge on any atom is 0.326 e. The van der Waals surface area contributed by atoms with Crippen molar-refractivity contribution in [3.05, 3.63) is 59.7 Å². The Morgan fingerprint density at radius 2 is 1.76 bits per heavy atom. The van der Waals surface area contributed by atoms with E-state index in [0.717, 1.165) is 11.3 Å². The molecular weight excluding hydrogens is 372 g/mol. The Morgan fingerprint density at radius 3 is 2.45 bits per heavy atom. The van der Waals surface area contributed by atoms with Gasteiger partial charge in [-0.15, -0.1) is 0 Å². The number of ether oxygens (including phenoxy) is 1. The first-order chi connectivity index (χ1) is 13.9. The van der Waals surface area contributed by atoms with Gasteiger partial charge in [-0.25, -0.2) is 0 Å². The van der Waals surface area contributed by atoms with Crippen LogP contribution in [0, 0.1) is 0 Å². The monoisotopic (exact) mass is 394 g/mol. The predicted octanol–water partition coefficient (Wildman–Crippen LogP) is 2.91. The van der Waals surface area contributed by atoms with Crippen molar-refractivity contribution >= 4 is 34.9 Å². The fourth-order valence-electron chi connectivity index (χ4n) is 3.05. The average Bonchev–Trinajstić information content (AvgIpc) is 2.97. The third-order valence-electron chi connectivity index (χ3n) is 4.91. The van der Waals surface area contributed by atoms with E-state index in [0.29, 0.717) is 17.3 Å². The Hall–Kier alpha value is -3.48. The normalized spacial score (nSPS) is 13.8. The van der Waals surface area contributed by atoms with Gasteiger partial charge in [0, 0.05) is 5.69 Å². The van der Waals surface area contributed by atoms with Gasteiger partial charge in [0.05, 0.1) is 11.3 Å². The summed E-state index contributed by atoms with van der Waals surface area (Å²) in [4.78, 5) is 49.1. The molecule has 3 rings (SSSR count). The van der Waals surface area contributed by atoms with Crippen LogP contribution in [0.2, 0.25) is 0 Å². The van der Waals surface area contributed by atoms with Gasteiger partial charge in [0.1, 0.15) is 6.54 Å². The highest BCUT2D eigenvalue weighted by Crippen LogP contribution is 2.28. The number of carbonyl (C=O) groups is 4. The van der Waals surface area contributed by atoms with Crippen LogP contribution in [0.5, 0.6) is 0 Å². The molecule has 0 radical (unpaired) electrons. The Balaban J connectivity index is 1.51. The van der Waals surface area contributed by atoms with Crippen LogP contribution < -0.4 is 10.2 Å². The summed E-state index contributed by atoms with van der Waals surface area (Å²) in [6.07, 6.45) is 1.03. The number of nitrogens with zero attached hydrogens (tertiary/aromatic N) is 1. The van der Waals surface area contributed by atoms with Crippen molar-refractivity contribution in [2.24, 2.45) is 0 Å². The van der Waals surface area contributed by atoms with Crippen molar-refractivity contribution in [1.82, 2.24) is 0 Å². The number of anilines is 2. The second-order valence-electron chi connectivity index (χ2n) is 6.88. The number of rotatable bonds is 7. The largest absolute Gasteiger partial charge is 0.454 e. The van der Waals surface area contributed by atoms with Crippen LogP contribution in [-0.4, -0.2) is 36.7 Å². The molecule has 29 heavy (non-hydrogen) atoms. The van der Waals surface area contributed by atoms with Crippen molar-refractivity contribution in [2.75, 3.05) is 23.4 Å². The van der Waals surface area contributed by atoms with Gasteiger partial charge in [-0.05, 0) is 42.2 Å². The molecule has 2 amide bonds. The van der Waals surface area contributed by atoms with Gasteiger partial charge >= 0.3 is 5.97 Å². The van der Waals surface area contributed by atoms with Crippen molar-refractivity contribution in [3.63, 3.8) is 0 Å². The molecule has 0 aromatic heterocycles. The summed E-state index contributed by atoms with van der Waals surface area (Å²) in [5, 5.41) is 2.66. The number of carbonyl (C=O) groups excluding carboxylic acids is 4. The number of nitrogens with one attached hydrogen (secondary N) is 1. The summed E-state index contributed by atoms with van der Waals surface area (Å²) in [5.74, 6) is -2.27. The van der Waals surface area contributed by atoms with E-state index in [9.17, 15) is 19.2 Å². The summed E-state index contributed by atoms with van der Waals surface area (Å²) in [6, 6.07) is 13.9. The van der Waals surface area contributed by atoms with Gasteiger partial charge in [0.2, 0.25) is 0 Å². The number of Topliss-reactive ketones (excluding diaryl/α,β-unsaturated/α-hetero) is 1. The molecule has 0 unspecified atom stereocenters. The Kier molecular flexibility index (Phi) is 6.07. The third-order valence-corrected chi connectivity index (χ3v) is 4.91. The van der Waals surface area contributed by atoms with Gasteiger partial charge in [-0.2, -0.15) is 0 Å². The minimum Gasteiger partial charge on any atom is -0.454 e. The summed E-state index contributed by atoms with van der Waals surface area (Å²) >= 11 is 0. The van der Waals surface area contributed by atoms with Crippen LogP contribution in [0.1, 0.15) is 42.1 Å². The molecule has 0 saturated carbocycles. The van der Waals surface area contributed by atoms with Crippen LogP contribution in [0.4, 0.5) is 11.4 Å². The minimum absolute atomic E-state index is 0.254. The first kappa shape index (κ1) is 20.3. The number of hydrogen-bond donors (Lipinski definition) is 1. The fourth-order valence-corrected chi connectivity index (χ4v) is 3.05. The van der Waals surface area contributed by atoms with Gasteiger partial charge in [-0.3, -0.25) is 24.1 Å². The zero-order valence-electron chi connectivity index (χ0n) is 16.3. The van der Waals surface area contributed by atoms with E-state index in [4.69, 9.17) is 4.74 Å². The third kappa shape index (κ3) is 4.51. The molecule has 1 N–H and O–H groups in total. The van der Waals surface area contributed by atoms with E-state index >= 15 is 0 Å². The molecule has 7 heteroatoms. The number of benzene rings is 2. The van der Waals surface area contributed by atoms with Crippen molar-refractivity contribution < 1.29 is 23.9 Å². The molecule has 0 saturated heterocycles. The van der Waals surface area contributed by atoms with Crippen LogP contribution in [0.3, 0.4) is 0 Å². The SMILES string of the molecule is CC[C@@H](C)c1ccc(NC(=O)COC(=O)CN2C(=O)C(=O)c3ccccc32)cc1. The smallest absolute Gasteiger partial charge is 0.326 e. The summed E-state index contributed by atoms with van der Waals surface area (Å²) < 4.78 is 4.96. The number of amides is 2. The molecule has 7 nitrogen and oxygen atoms in total. The molecule has 0 bridgehead atoms. The quantitative estimate of drug-likeness (QED) is 0.576. The van der Waals surface area contributed by atoms with E-state index in [1.165, 1.54) is 11.6 Å². The lowest BCUT2D eigenvalue weighted by atomic mass is 9.99. The van der Waals surface area contributed by atoms with Gasteiger partial charge in [0.15, 0.2) is 6.61 Å². The number of fused-ring (bicyclic) bond motifs is 1. The van der Waals surface area contributed by atoms with Crippen LogP contribution in [0.15, 0.2) is 48.5 Å². The van der Waals surface area contributed by atoms with Gasteiger partial charge < -0.3 is 10.1 Å². The molecule has 1 heterocycles. The molecule has 2 aromatic rings. The molecule has 1 atom stereocenters. The van der Waals surface area contributed by atoms with E-state index in [1.54, 1.807) is 30.3 Å². The second kappa shape index (κ2) is 8.68. The predicted molar refractivity (Wildman–Crippen MR) is 108 cm³/mol. The molecule has 1 aliphatic rings. The van der Waals surface area contributed by atoms with E-state index in [2.05, 4.69) is 19.2 Å². The molecule has 150 valence electrons. The van der Waals surface area contributed by atoms with Gasteiger partial charge in [-0.1, -0.05) is 38.1 Å². The summed E-state index contributed by atoms with van der Waals surface area (Å²) in [5.41, 5.74) is 2.41. The van der Waals surface area contributed by atoms with Crippen LogP contribution >= 0.6 is 0 Å². The number of hydrogen-bond acceptors (Lipinski definition) is 5.